The van der Waals surface area contributed by atoms with Gasteiger partial charge in [-0.1, -0.05) is 96.8 Å². The quantitative estimate of drug-likeness (QED) is 0.327. The largest absolute Gasteiger partial charge is 0.390 e. The molecule has 0 aromatic rings. The molecule has 1 N–H and O–H groups in total. The Bertz CT molecular complexity index is 304. The molecule has 25 heavy (non-hydrogen) atoms. The van der Waals surface area contributed by atoms with Crippen LogP contribution >= 0.6 is 0 Å². The van der Waals surface area contributed by atoms with Crippen LogP contribution in [0.15, 0.2) is 0 Å². The van der Waals surface area contributed by atoms with Gasteiger partial charge in [0.05, 0.1) is 12.7 Å². The van der Waals surface area contributed by atoms with Crippen molar-refractivity contribution in [3.05, 3.63) is 0 Å². The van der Waals surface area contributed by atoms with Gasteiger partial charge in [0.1, 0.15) is 6.10 Å². The number of hydrogen-bond donors (Lipinski definition) is 1. The van der Waals surface area contributed by atoms with Crippen LogP contribution in [0, 0.1) is 0 Å². The molecule has 1 rings (SSSR count). The average molecular weight is 357 g/mol. The first kappa shape index (κ1) is 22.9. The van der Waals surface area contributed by atoms with Gasteiger partial charge in [-0.3, -0.25) is 0 Å². The molecule has 0 spiro atoms. The Hall–Kier alpha value is -0.120. The van der Waals surface area contributed by atoms with Gasteiger partial charge < -0.3 is 14.6 Å². The third kappa shape index (κ3) is 12.0. The molecule has 150 valence electrons. The van der Waals surface area contributed by atoms with Gasteiger partial charge in [-0.05, 0) is 20.3 Å². The van der Waals surface area contributed by atoms with Crippen LogP contribution in [0.4, 0.5) is 0 Å². The third-order valence-electron chi connectivity index (χ3n) is 5.31. The first-order valence-electron chi connectivity index (χ1n) is 11.0. The Morgan fingerprint density at radius 1 is 0.800 bits per heavy atom. The number of ether oxygens (including phenoxy) is 2. The van der Waals surface area contributed by atoms with Crippen molar-refractivity contribution in [1.82, 2.24) is 0 Å². The summed E-state index contributed by atoms with van der Waals surface area (Å²) in [6, 6.07) is 0. The molecule has 1 heterocycles. The minimum absolute atomic E-state index is 0.142. The summed E-state index contributed by atoms with van der Waals surface area (Å²) < 4.78 is 11.2. The van der Waals surface area contributed by atoms with Gasteiger partial charge in [-0.2, -0.15) is 0 Å². The van der Waals surface area contributed by atoms with Crippen LogP contribution in [0.5, 0.6) is 0 Å². The van der Waals surface area contributed by atoms with Crippen LogP contribution in [-0.4, -0.2) is 29.7 Å². The fourth-order valence-corrected chi connectivity index (χ4v) is 3.64. The van der Waals surface area contributed by atoms with E-state index in [4.69, 9.17) is 9.47 Å². The van der Waals surface area contributed by atoms with E-state index in [2.05, 4.69) is 6.92 Å². The topological polar surface area (TPSA) is 38.7 Å². The lowest BCUT2D eigenvalue weighted by molar-refractivity contribution is -0.151. The van der Waals surface area contributed by atoms with Gasteiger partial charge in [0.2, 0.25) is 0 Å². The van der Waals surface area contributed by atoms with E-state index in [9.17, 15) is 5.11 Å². The van der Waals surface area contributed by atoms with Crippen LogP contribution in [0.2, 0.25) is 0 Å². The molecular weight excluding hydrogens is 312 g/mol. The molecule has 1 aliphatic rings. The number of hydrogen-bond acceptors (Lipinski definition) is 3. The van der Waals surface area contributed by atoms with Crippen molar-refractivity contribution in [2.24, 2.45) is 0 Å². The normalized spacial score (nSPS) is 20.9. The molecule has 3 nitrogen and oxygen atoms in total. The van der Waals surface area contributed by atoms with Gasteiger partial charge in [0.15, 0.2) is 5.79 Å². The summed E-state index contributed by atoms with van der Waals surface area (Å²) in [5.41, 5.74) is 0. The van der Waals surface area contributed by atoms with Crippen molar-refractivity contribution in [3.8, 4) is 0 Å². The Labute approximate surface area is 156 Å². The summed E-state index contributed by atoms with van der Waals surface area (Å²) in [5, 5.41) is 10.2. The molecule has 2 atom stereocenters. The predicted molar refractivity (Wildman–Crippen MR) is 106 cm³/mol. The van der Waals surface area contributed by atoms with Crippen molar-refractivity contribution in [2.75, 3.05) is 6.61 Å². The lowest BCUT2D eigenvalue weighted by atomic mass is 10.0. The highest BCUT2D eigenvalue weighted by Crippen LogP contribution is 2.26. The zero-order chi connectivity index (χ0) is 18.4. The Morgan fingerprint density at radius 3 is 1.64 bits per heavy atom. The maximum Gasteiger partial charge on any atom is 0.163 e. The monoisotopic (exact) mass is 356 g/mol. The average Bonchev–Trinajstić information content (AvgIpc) is 2.95. The van der Waals surface area contributed by atoms with E-state index in [0.717, 1.165) is 12.8 Å². The van der Waals surface area contributed by atoms with E-state index < -0.39 is 5.79 Å². The first-order chi connectivity index (χ1) is 12.0. The van der Waals surface area contributed by atoms with Crippen molar-refractivity contribution < 1.29 is 14.6 Å². The van der Waals surface area contributed by atoms with Crippen molar-refractivity contribution in [2.45, 2.75) is 135 Å². The zero-order valence-corrected chi connectivity index (χ0v) is 17.2. The maximum absolute atomic E-state index is 10.2. The molecule has 0 aliphatic carbocycles. The standard InChI is InChI=1S/C22H44O3/c1-4-5-6-7-8-9-10-11-12-13-14-15-16-17-18-20(23)21-19-24-22(2,3)25-21/h20-21,23H,4-19H2,1-3H3. The minimum Gasteiger partial charge on any atom is -0.390 e. The molecule has 1 aliphatic heterocycles. The Balaban J connectivity index is 1.79. The molecule has 0 amide bonds. The fourth-order valence-electron chi connectivity index (χ4n) is 3.64. The summed E-state index contributed by atoms with van der Waals surface area (Å²) in [4.78, 5) is 0. The summed E-state index contributed by atoms with van der Waals surface area (Å²) in [6.45, 7) is 6.62. The van der Waals surface area contributed by atoms with E-state index in [-0.39, 0.29) is 12.2 Å². The second-order valence-electron chi connectivity index (χ2n) is 8.32. The van der Waals surface area contributed by atoms with Crippen LogP contribution < -0.4 is 0 Å². The molecule has 0 saturated carbocycles. The lowest BCUT2D eigenvalue weighted by Gasteiger charge is -2.20. The lowest BCUT2D eigenvalue weighted by Crippen LogP contribution is -2.30. The predicted octanol–water partition coefficient (Wildman–Crippen LogP) is 6.37. The summed E-state index contributed by atoms with van der Waals surface area (Å²) >= 11 is 0. The van der Waals surface area contributed by atoms with Crippen LogP contribution in [0.3, 0.4) is 0 Å². The molecule has 3 heteroatoms. The second kappa shape index (κ2) is 14.0. The highest BCUT2D eigenvalue weighted by Gasteiger charge is 2.36. The molecule has 0 radical (unpaired) electrons. The van der Waals surface area contributed by atoms with Gasteiger partial charge in [0, 0.05) is 0 Å². The molecule has 1 saturated heterocycles. The molecule has 2 unspecified atom stereocenters. The first-order valence-corrected chi connectivity index (χ1v) is 11.0. The smallest absolute Gasteiger partial charge is 0.163 e. The molecular formula is C22H44O3. The summed E-state index contributed by atoms with van der Waals surface area (Å²) in [6.07, 6.45) is 19.4. The van der Waals surface area contributed by atoms with E-state index >= 15 is 0 Å². The van der Waals surface area contributed by atoms with Crippen LogP contribution in [0.25, 0.3) is 0 Å². The number of aliphatic hydroxyl groups is 1. The highest BCUT2D eigenvalue weighted by molar-refractivity contribution is 4.77. The third-order valence-corrected chi connectivity index (χ3v) is 5.31. The SMILES string of the molecule is CCCCCCCCCCCCCCCCC(O)C1COC(C)(C)O1. The van der Waals surface area contributed by atoms with Crippen molar-refractivity contribution >= 4 is 0 Å². The number of rotatable bonds is 16. The van der Waals surface area contributed by atoms with Gasteiger partial charge in [0.25, 0.3) is 0 Å². The van der Waals surface area contributed by atoms with E-state index in [1.807, 2.05) is 13.8 Å². The highest BCUT2D eigenvalue weighted by atomic mass is 16.7. The van der Waals surface area contributed by atoms with Gasteiger partial charge in [-0.15, -0.1) is 0 Å². The molecule has 0 aromatic carbocycles. The molecule has 1 fully saturated rings. The van der Waals surface area contributed by atoms with E-state index in [0.29, 0.717) is 6.61 Å². The second-order valence-corrected chi connectivity index (χ2v) is 8.32. The summed E-state index contributed by atoms with van der Waals surface area (Å²) in [7, 11) is 0. The summed E-state index contributed by atoms with van der Waals surface area (Å²) in [5.74, 6) is -0.527. The minimum atomic E-state index is -0.527. The zero-order valence-electron chi connectivity index (χ0n) is 17.2. The Kier molecular flexibility index (Phi) is 12.8. The molecule has 0 bridgehead atoms. The number of unbranched alkanes of at least 4 members (excludes halogenated alkanes) is 13. The fraction of sp³-hybridized carbons (Fsp3) is 1.00. The Morgan fingerprint density at radius 2 is 1.24 bits per heavy atom. The van der Waals surface area contributed by atoms with Crippen molar-refractivity contribution in [1.29, 1.82) is 0 Å². The van der Waals surface area contributed by atoms with Gasteiger partial charge in [-0.25, -0.2) is 0 Å². The number of aliphatic hydroxyl groups excluding tert-OH is 1. The van der Waals surface area contributed by atoms with E-state index in [1.165, 1.54) is 83.5 Å². The van der Waals surface area contributed by atoms with Crippen LogP contribution in [0.1, 0.15) is 117 Å². The van der Waals surface area contributed by atoms with Gasteiger partial charge >= 0.3 is 0 Å². The van der Waals surface area contributed by atoms with Crippen LogP contribution in [-0.2, 0) is 9.47 Å². The maximum atomic E-state index is 10.2. The van der Waals surface area contributed by atoms with E-state index in [1.54, 1.807) is 0 Å². The van der Waals surface area contributed by atoms with Crippen molar-refractivity contribution in [3.63, 3.8) is 0 Å². The molecule has 0 aromatic heterocycles.